The summed E-state index contributed by atoms with van der Waals surface area (Å²) in [7, 11) is 1.85. The Morgan fingerprint density at radius 3 is 2.86 bits per heavy atom. The second kappa shape index (κ2) is 6.77. The van der Waals surface area contributed by atoms with Crippen LogP contribution in [0.15, 0.2) is 10.4 Å². The zero-order valence-electron chi connectivity index (χ0n) is 13.1. The molecule has 2 aliphatic rings. The normalized spacial score (nSPS) is 26.7. The largest absolute Gasteiger partial charge is 0.353 e. The third-order valence-corrected chi connectivity index (χ3v) is 5.68. The first kappa shape index (κ1) is 14.8. The zero-order valence-corrected chi connectivity index (χ0v) is 13.9. The average molecular weight is 306 g/mol. The molecule has 5 heteroatoms. The zero-order chi connectivity index (χ0) is 14.7. The van der Waals surface area contributed by atoms with Crippen molar-refractivity contribution < 1.29 is 0 Å². The number of guanidine groups is 1. The highest BCUT2D eigenvalue weighted by Gasteiger charge is 2.43. The van der Waals surface area contributed by atoms with Crippen LogP contribution in [0.25, 0.3) is 0 Å². The molecule has 21 heavy (non-hydrogen) atoms. The molecule has 0 amide bonds. The monoisotopic (exact) mass is 306 g/mol. The predicted octanol–water partition coefficient (Wildman–Crippen LogP) is 3.09. The third kappa shape index (κ3) is 3.96. The molecule has 0 aromatic carbocycles. The van der Waals surface area contributed by atoms with Crippen molar-refractivity contribution in [3.05, 3.63) is 16.1 Å². The average Bonchev–Trinajstić information content (AvgIpc) is 3.17. The Morgan fingerprint density at radius 1 is 1.38 bits per heavy atom. The van der Waals surface area contributed by atoms with Crippen molar-refractivity contribution in [2.45, 2.75) is 58.0 Å². The van der Waals surface area contributed by atoms with Gasteiger partial charge in [0, 0.05) is 24.2 Å². The van der Waals surface area contributed by atoms with Crippen LogP contribution in [0.2, 0.25) is 0 Å². The Balaban J connectivity index is 1.43. The molecule has 1 aromatic rings. The van der Waals surface area contributed by atoms with E-state index in [0.717, 1.165) is 35.0 Å². The van der Waals surface area contributed by atoms with Crippen LogP contribution in [-0.2, 0) is 6.54 Å². The first-order valence-corrected chi connectivity index (χ1v) is 9.02. The molecule has 0 saturated heterocycles. The lowest BCUT2D eigenvalue weighted by Gasteiger charge is -2.22. The predicted molar refractivity (Wildman–Crippen MR) is 88.7 cm³/mol. The molecule has 0 radical (unpaired) electrons. The van der Waals surface area contributed by atoms with E-state index in [1.807, 2.05) is 14.0 Å². The maximum absolute atomic E-state index is 4.47. The summed E-state index contributed by atoms with van der Waals surface area (Å²) >= 11 is 1.70. The number of aryl methyl sites for hydroxylation is 1. The number of aliphatic imine (C=N–C) groups is 1. The highest BCUT2D eigenvalue weighted by molar-refractivity contribution is 7.09. The Morgan fingerprint density at radius 2 is 2.19 bits per heavy atom. The summed E-state index contributed by atoms with van der Waals surface area (Å²) in [6.45, 7) is 2.80. The van der Waals surface area contributed by atoms with E-state index in [2.05, 4.69) is 26.0 Å². The lowest BCUT2D eigenvalue weighted by Crippen LogP contribution is -2.39. The first-order valence-electron chi connectivity index (χ1n) is 8.14. The van der Waals surface area contributed by atoms with Crippen molar-refractivity contribution in [3.63, 3.8) is 0 Å². The van der Waals surface area contributed by atoms with Crippen molar-refractivity contribution in [1.82, 2.24) is 15.6 Å². The lowest BCUT2D eigenvalue weighted by molar-refractivity contribution is 0.315. The lowest BCUT2D eigenvalue weighted by atomic mass is 9.85. The van der Waals surface area contributed by atoms with Gasteiger partial charge in [-0.3, -0.25) is 4.99 Å². The van der Waals surface area contributed by atoms with Gasteiger partial charge in [0.25, 0.3) is 0 Å². The van der Waals surface area contributed by atoms with E-state index in [4.69, 9.17) is 0 Å². The van der Waals surface area contributed by atoms with E-state index < -0.39 is 0 Å². The summed E-state index contributed by atoms with van der Waals surface area (Å²) in [4.78, 5) is 8.81. The van der Waals surface area contributed by atoms with Crippen molar-refractivity contribution in [2.24, 2.45) is 16.8 Å². The Labute approximate surface area is 131 Å². The molecule has 2 aliphatic carbocycles. The molecule has 0 spiro atoms. The molecule has 4 nitrogen and oxygen atoms in total. The second-order valence-corrected chi connectivity index (χ2v) is 7.30. The molecule has 1 aromatic heterocycles. The van der Waals surface area contributed by atoms with E-state index in [-0.39, 0.29) is 0 Å². The van der Waals surface area contributed by atoms with Gasteiger partial charge in [0.15, 0.2) is 5.96 Å². The summed E-state index contributed by atoms with van der Waals surface area (Å²) in [6, 6.07) is 0.636. The molecule has 1 heterocycles. The van der Waals surface area contributed by atoms with Gasteiger partial charge in [0.1, 0.15) is 5.01 Å². The Kier molecular flexibility index (Phi) is 4.78. The van der Waals surface area contributed by atoms with Gasteiger partial charge in [-0.2, -0.15) is 0 Å². The highest BCUT2D eigenvalue weighted by atomic mass is 32.1. The summed E-state index contributed by atoms with van der Waals surface area (Å²) in [5.41, 5.74) is 1.10. The van der Waals surface area contributed by atoms with Gasteiger partial charge in [-0.05, 0) is 25.2 Å². The van der Waals surface area contributed by atoms with E-state index in [1.54, 1.807) is 11.3 Å². The van der Waals surface area contributed by atoms with Crippen LogP contribution < -0.4 is 10.6 Å². The number of hydrogen-bond acceptors (Lipinski definition) is 3. The number of thiazole rings is 1. The molecule has 3 rings (SSSR count). The molecule has 2 atom stereocenters. The summed E-state index contributed by atoms with van der Waals surface area (Å²) < 4.78 is 0. The minimum atomic E-state index is 0.636. The highest BCUT2D eigenvalue weighted by Crippen LogP contribution is 2.44. The molecule has 2 N–H and O–H groups in total. The fourth-order valence-corrected chi connectivity index (χ4v) is 4.19. The molecular weight excluding hydrogens is 280 g/mol. The van der Waals surface area contributed by atoms with Crippen LogP contribution in [0.3, 0.4) is 0 Å². The number of nitrogens with one attached hydrogen (secondary N) is 2. The molecular formula is C16H26N4S. The van der Waals surface area contributed by atoms with Crippen LogP contribution in [0, 0.1) is 18.8 Å². The minimum absolute atomic E-state index is 0.636. The van der Waals surface area contributed by atoms with E-state index in [0.29, 0.717) is 6.04 Å². The molecule has 2 fully saturated rings. The summed E-state index contributed by atoms with van der Waals surface area (Å²) in [6.07, 6.45) is 8.51. The Bertz CT molecular complexity index is 490. The number of aromatic nitrogens is 1. The van der Waals surface area contributed by atoms with Gasteiger partial charge >= 0.3 is 0 Å². The maximum atomic E-state index is 4.47. The van der Waals surface area contributed by atoms with Crippen LogP contribution >= 0.6 is 11.3 Å². The number of nitrogens with zero attached hydrogens (tertiary/aromatic N) is 2. The van der Waals surface area contributed by atoms with Crippen LogP contribution in [0.5, 0.6) is 0 Å². The standard InChI is InChI=1S/C16H26N4S/c1-11-10-21-15(19-11)9-18-16(17-2)20-14-8-13(14)12-6-4-3-5-7-12/h10,12-14H,3-9H2,1-2H3,(H2,17,18,20). The van der Waals surface area contributed by atoms with E-state index >= 15 is 0 Å². The first-order chi connectivity index (χ1) is 10.3. The topological polar surface area (TPSA) is 49.3 Å². The van der Waals surface area contributed by atoms with E-state index in [9.17, 15) is 0 Å². The molecule has 116 valence electrons. The number of rotatable bonds is 4. The second-order valence-electron chi connectivity index (χ2n) is 6.36. The van der Waals surface area contributed by atoms with Gasteiger partial charge in [0.05, 0.1) is 6.54 Å². The van der Waals surface area contributed by atoms with Crippen LogP contribution in [0.4, 0.5) is 0 Å². The molecule has 2 unspecified atom stereocenters. The minimum Gasteiger partial charge on any atom is -0.353 e. The summed E-state index contributed by atoms with van der Waals surface area (Å²) in [5.74, 6) is 2.76. The number of hydrogen-bond donors (Lipinski definition) is 2. The van der Waals surface area contributed by atoms with Crippen molar-refractivity contribution in [1.29, 1.82) is 0 Å². The molecule has 2 saturated carbocycles. The van der Waals surface area contributed by atoms with Crippen LogP contribution in [-0.4, -0.2) is 24.0 Å². The van der Waals surface area contributed by atoms with Crippen molar-refractivity contribution in [3.8, 4) is 0 Å². The molecule has 0 aliphatic heterocycles. The van der Waals surface area contributed by atoms with Gasteiger partial charge in [-0.25, -0.2) is 4.98 Å². The summed E-state index contributed by atoms with van der Waals surface area (Å²) in [5, 5.41) is 10.2. The van der Waals surface area contributed by atoms with Gasteiger partial charge in [-0.15, -0.1) is 11.3 Å². The molecule has 0 bridgehead atoms. The van der Waals surface area contributed by atoms with Gasteiger partial charge in [-0.1, -0.05) is 32.1 Å². The quantitative estimate of drug-likeness (QED) is 0.664. The van der Waals surface area contributed by atoms with Gasteiger partial charge in [0.2, 0.25) is 0 Å². The Hall–Kier alpha value is -1.10. The maximum Gasteiger partial charge on any atom is 0.191 e. The SMILES string of the molecule is CN=C(NCc1nc(C)cs1)NC1CC1C1CCCCC1. The third-order valence-electron chi connectivity index (χ3n) is 4.71. The smallest absolute Gasteiger partial charge is 0.191 e. The van der Waals surface area contributed by atoms with E-state index in [1.165, 1.54) is 38.5 Å². The van der Waals surface area contributed by atoms with Crippen LogP contribution in [0.1, 0.15) is 49.2 Å². The fraction of sp³-hybridized carbons (Fsp3) is 0.750. The van der Waals surface area contributed by atoms with Crippen molar-refractivity contribution in [2.75, 3.05) is 7.05 Å². The van der Waals surface area contributed by atoms with Gasteiger partial charge < -0.3 is 10.6 Å². The fourth-order valence-electron chi connectivity index (χ4n) is 3.48. The van der Waals surface area contributed by atoms with Crippen molar-refractivity contribution >= 4 is 17.3 Å².